The maximum atomic E-state index is 10.8. The molecule has 82 valence electrons. The summed E-state index contributed by atoms with van der Waals surface area (Å²) in [5, 5.41) is 9.94. The van der Waals surface area contributed by atoms with Crippen LogP contribution >= 0.6 is 0 Å². The highest BCUT2D eigenvalue weighted by molar-refractivity contribution is 5.82. The molecule has 0 aliphatic carbocycles. The molecule has 0 fully saturated rings. The van der Waals surface area contributed by atoms with Gasteiger partial charge in [0, 0.05) is 11.6 Å². The van der Waals surface area contributed by atoms with E-state index in [1.807, 2.05) is 30.3 Å². The quantitative estimate of drug-likeness (QED) is 0.855. The summed E-state index contributed by atoms with van der Waals surface area (Å²) >= 11 is 0. The van der Waals surface area contributed by atoms with Gasteiger partial charge in [0.2, 0.25) is 0 Å². The molecule has 2 rings (SSSR count). The van der Waals surface area contributed by atoms with Gasteiger partial charge in [-0.05, 0) is 24.1 Å². The van der Waals surface area contributed by atoms with Crippen LogP contribution in [0.3, 0.4) is 0 Å². The summed E-state index contributed by atoms with van der Waals surface area (Å²) in [5.74, 6) is -1.13. The van der Waals surface area contributed by atoms with Crippen LogP contribution < -0.4 is 0 Å². The fourth-order valence-corrected chi connectivity index (χ4v) is 1.75. The van der Waals surface area contributed by atoms with E-state index in [2.05, 4.69) is 4.98 Å². The molecule has 1 N–H and O–H groups in total. The van der Waals surface area contributed by atoms with E-state index in [1.54, 1.807) is 13.1 Å². The van der Waals surface area contributed by atoms with Crippen LogP contribution in [0.4, 0.5) is 0 Å². The van der Waals surface area contributed by atoms with Gasteiger partial charge < -0.3 is 5.11 Å². The zero-order chi connectivity index (χ0) is 11.5. The molecule has 1 aromatic heterocycles. The molecule has 0 saturated carbocycles. The minimum absolute atomic E-state index is 0.370. The minimum atomic E-state index is -0.763. The van der Waals surface area contributed by atoms with Crippen molar-refractivity contribution in [3.05, 3.63) is 42.1 Å². The van der Waals surface area contributed by atoms with Crippen LogP contribution in [-0.4, -0.2) is 16.1 Å². The van der Waals surface area contributed by atoms with Crippen molar-refractivity contribution in [2.24, 2.45) is 5.92 Å². The summed E-state index contributed by atoms with van der Waals surface area (Å²) in [4.78, 5) is 15.1. The summed E-state index contributed by atoms with van der Waals surface area (Å²) in [7, 11) is 0. The molecule has 2 aromatic rings. The summed E-state index contributed by atoms with van der Waals surface area (Å²) in [6.45, 7) is 1.72. The number of benzene rings is 1. The Balaban J connectivity index is 2.41. The molecule has 0 spiro atoms. The van der Waals surface area contributed by atoms with Crippen LogP contribution in [0.15, 0.2) is 36.5 Å². The van der Waals surface area contributed by atoms with Gasteiger partial charge in [0.05, 0.1) is 11.4 Å². The normalized spacial score (nSPS) is 12.6. The SMILES string of the molecule is CC(Cc1ccnc2ccccc12)C(=O)O. The molecular formula is C13H13NO2. The molecule has 0 radical (unpaired) electrons. The van der Waals surface area contributed by atoms with E-state index < -0.39 is 5.97 Å². The van der Waals surface area contributed by atoms with Crippen molar-refractivity contribution in [3.8, 4) is 0 Å². The third-order valence-electron chi connectivity index (χ3n) is 2.69. The van der Waals surface area contributed by atoms with Crippen molar-refractivity contribution in [2.45, 2.75) is 13.3 Å². The zero-order valence-electron chi connectivity index (χ0n) is 9.05. The van der Waals surface area contributed by atoms with Crippen LogP contribution in [0.25, 0.3) is 10.9 Å². The second-order valence-electron chi connectivity index (χ2n) is 3.93. The molecular weight excluding hydrogens is 202 g/mol. The van der Waals surface area contributed by atoms with Crippen LogP contribution in [0.5, 0.6) is 0 Å². The Hall–Kier alpha value is -1.90. The Bertz CT molecular complexity index is 517. The molecule has 1 unspecified atom stereocenters. The Labute approximate surface area is 93.7 Å². The molecule has 1 heterocycles. The number of carbonyl (C=O) groups is 1. The lowest BCUT2D eigenvalue weighted by Gasteiger charge is -2.08. The van der Waals surface area contributed by atoms with Gasteiger partial charge in [-0.2, -0.15) is 0 Å². The Morgan fingerprint density at radius 3 is 2.88 bits per heavy atom. The Kier molecular flexibility index (Phi) is 2.86. The number of para-hydroxylation sites is 1. The first kappa shape index (κ1) is 10.6. The fraction of sp³-hybridized carbons (Fsp3) is 0.231. The average Bonchev–Trinajstić information content (AvgIpc) is 2.29. The molecule has 1 atom stereocenters. The predicted octanol–water partition coefficient (Wildman–Crippen LogP) is 2.50. The van der Waals surface area contributed by atoms with Crippen molar-refractivity contribution in [2.75, 3.05) is 0 Å². The number of pyridine rings is 1. The van der Waals surface area contributed by atoms with Crippen molar-refractivity contribution in [3.63, 3.8) is 0 Å². The number of carboxylic acid groups (broad SMARTS) is 1. The van der Waals surface area contributed by atoms with E-state index in [-0.39, 0.29) is 5.92 Å². The minimum Gasteiger partial charge on any atom is -0.481 e. The van der Waals surface area contributed by atoms with Crippen molar-refractivity contribution >= 4 is 16.9 Å². The van der Waals surface area contributed by atoms with Gasteiger partial charge >= 0.3 is 5.97 Å². The number of hydrogen-bond acceptors (Lipinski definition) is 2. The first-order valence-corrected chi connectivity index (χ1v) is 5.24. The lowest BCUT2D eigenvalue weighted by molar-refractivity contribution is -0.141. The average molecular weight is 215 g/mol. The molecule has 16 heavy (non-hydrogen) atoms. The second kappa shape index (κ2) is 4.31. The van der Waals surface area contributed by atoms with E-state index >= 15 is 0 Å². The highest BCUT2D eigenvalue weighted by Crippen LogP contribution is 2.19. The van der Waals surface area contributed by atoms with Gasteiger partial charge in [-0.25, -0.2) is 0 Å². The number of rotatable bonds is 3. The lowest BCUT2D eigenvalue weighted by atomic mass is 9.98. The third-order valence-corrected chi connectivity index (χ3v) is 2.69. The van der Waals surface area contributed by atoms with Gasteiger partial charge in [0.1, 0.15) is 0 Å². The highest BCUT2D eigenvalue weighted by Gasteiger charge is 2.13. The largest absolute Gasteiger partial charge is 0.481 e. The summed E-state index contributed by atoms with van der Waals surface area (Å²) in [6, 6.07) is 9.68. The smallest absolute Gasteiger partial charge is 0.306 e. The first-order valence-electron chi connectivity index (χ1n) is 5.24. The Morgan fingerprint density at radius 2 is 2.12 bits per heavy atom. The number of hydrogen-bond donors (Lipinski definition) is 1. The van der Waals surface area contributed by atoms with Crippen LogP contribution in [0, 0.1) is 5.92 Å². The van der Waals surface area contributed by atoms with E-state index in [1.165, 1.54) is 0 Å². The van der Waals surface area contributed by atoms with E-state index in [9.17, 15) is 4.79 Å². The topological polar surface area (TPSA) is 50.2 Å². The van der Waals surface area contributed by atoms with E-state index in [0.717, 1.165) is 16.5 Å². The van der Waals surface area contributed by atoms with Crippen LogP contribution in [-0.2, 0) is 11.2 Å². The van der Waals surface area contributed by atoms with Gasteiger partial charge in [-0.1, -0.05) is 25.1 Å². The molecule has 0 aliphatic rings. The third kappa shape index (κ3) is 2.03. The first-order chi connectivity index (χ1) is 7.68. The molecule has 3 heteroatoms. The summed E-state index contributed by atoms with van der Waals surface area (Å²) < 4.78 is 0. The van der Waals surface area contributed by atoms with Crippen LogP contribution in [0.1, 0.15) is 12.5 Å². The molecule has 0 aliphatic heterocycles. The number of nitrogens with zero attached hydrogens (tertiary/aromatic N) is 1. The molecule has 0 amide bonds. The molecule has 0 saturated heterocycles. The van der Waals surface area contributed by atoms with Crippen molar-refractivity contribution in [1.29, 1.82) is 0 Å². The molecule has 0 bridgehead atoms. The maximum Gasteiger partial charge on any atom is 0.306 e. The second-order valence-corrected chi connectivity index (χ2v) is 3.93. The van der Waals surface area contributed by atoms with Gasteiger partial charge in [0.15, 0.2) is 0 Å². The number of fused-ring (bicyclic) bond motifs is 1. The van der Waals surface area contributed by atoms with Crippen molar-refractivity contribution in [1.82, 2.24) is 4.98 Å². The van der Waals surface area contributed by atoms with Gasteiger partial charge in [0.25, 0.3) is 0 Å². The summed E-state index contributed by atoms with van der Waals surface area (Å²) in [5.41, 5.74) is 1.96. The van der Waals surface area contributed by atoms with Gasteiger partial charge in [-0.15, -0.1) is 0 Å². The van der Waals surface area contributed by atoms with Crippen molar-refractivity contribution < 1.29 is 9.90 Å². The monoisotopic (exact) mass is 215 g/mol. The fourth-order valence-electron chi connectivity index (χ4n) is 1.75. The van der Waals surface area contributed by atoms with Gasteiger partial charge in [-0.3, -0.25) is 9.78 Å². The maximum absolute atomic E-state index is 10.8. The van der Waals surface area contributed by atoms with E-state index in [0.29, 0.717) is 6.42 Å². The summed E-state index contributed by atoms with van der Waals surface area (Å²) in [6.07, 6.45) is 2.27. The highest BCUT2D eigenvalue weighted by atomic mass is 16.4. The predicted molar refractivity (Wildman–Crippen MR) is 62.2 cm³/mol. The van der Waals surface area contributed by atoms with E-state index in [4.69, 9.17) is 5.11 Å². The number of aromatic nitrogens is 1. The van der Waals surface area contributed by atoms with Crippen LogP contribution in [0.2, 0.25) is 0 Å². The number of aliphatic carboxylic acids is 1. The lowest BCUT2D eigenvalue weighted by Crippen LogP contribution is -2.12. The zero-order valence-corrected chi connectivity index (χ0v) is 9.05. The Morgan fingerprint density at radius 1 is 1.38 bits per heavy atom. The molecule has 3 nitrogen and oxygen atoms in total. The molecule has 1 aromatic carbocycles. The number of carboxylic acids is 1. The standard InChI is InChI=1S/C13H13NO2/c1-9(13(15)16)8-10-6-7-14-12-5-3-2-4-11(10)12/h2-7,9H,8H2,1H3,(H,15,16).